The van der Waals surface area contributed by atoms with E-state index in [-0.39, 0.29) is 0 Å². The van der Waals surface area contributed by atoms with Crippen LogP contribution in [0.4, 0.5) is 0 Å². The summed E-state index contributed by atoms with van der Waals surface area (Å²) in [5.41, 5.74) is 0. The molecule has 0 saturated carbocycles. The van der Waals surface area contributed by atoms with Crippen molar-refractivity contribution in [3.05, 3.63) is 48.8 Å². The number of nitrogens with zero attached hydrogens (tertiary/aromatic N) is 4. The van der Waals surface area contributed by atoms with Crippen molar-refractivity contribution in [2.24, 2.45) is 5.16 Å². The number of hydrogen-bond donors (Lipinski definition) is 1. The summed E-state index contributed by atoms with van der Waals surface area (Å²) in [5.74, 6) is 0.672. The van der Waals surface area contributed by atoms with Crippen molar-refractivity contribution in [1.82, 2.24) is 9.55 Å². The quantitative estimate of drug-likeness (QED) is 0.362. The van der Waals surface area contributed by atoms with Crippen molar-refractivity contribution in [1.29, 1.82) is 0 Å². The molecule has 2 rings (SSSR count). The van der Waals surface area contributed by atoms with Crippen molar-refractivity contribution >= 4 is 6.21 Å². The topological polar surface area (TPSA) is 54.3 Å². The molecule has 1 N–H and O–H groups in total. The molecule has 0 atom stereocenters. The first-order valence-electron chi connectivity index (χ1n) is 5.53. The van der Waals surface area contributed by atoms with Crippen LogP contribution in [0.5, 0.6) is 0 Å². The number of rotatable bonds is 5. The van der Waals surface area contributed by atoms with Gasteiger partial charge in [0.05, 0.1) is 0 Å². The molecule has 5 nitrogen and oxygen atoms in total. The van der Waals surface area contributed by atoms with Gasteiger partial charge in [-0.05, 0) is 0 Å². The van der Waals surface area contributed by atoms with Gasteiger partial charge < -0.3 is 9.77 Å². The molecule has 2 heterocycles. The second-order valence-corrected chi connectivity index (χ2v) is 3.69. The molecule has 0 aliphatic rings. The Balaban J connectivity index is 1.88. The number of hydrogen-bond acceptors (Lipinski definition) is 3. The second-order valence-electron chi connectivity index (χ2n) is 3.69. The van der Waals surface area contributed by atoms with Crippen molar-refractivity contribution < 1.29 is 9.77 Å². The van der Waals surface area contributed by atoms with Crippen LogP contribution in [0.3, 0.4) is 0 Å². The van der Waals surface area contributed by atoms with Gasteiger partial charge in [0, 0.05) is 37.5 Å². The van der Waals surface area contributed by atoms with E-state index in [2.05, 4.69) is 14.7 Å². The van der Waals surface area contributed by atoms with E-state index in [1.54, 1.807) is 6.20 Å². The summed E-state index contributed by atoms with van der Waals surface area (Å²) >= 11 is 0. The molecule has 0 bridgehead atoms. The van der Waals surface area contributed by atoms with Gasteiger partial charge in [0.15, 0.2) is 18.2 Å². The average Bonchev–Trinajstić information content (AvgIpc) is 2.79. The number of imidazole rings is 1. The van der Waals surface area contributed by atoms with E-state index in [0.29, 0.717) is 5.82 Å². The Labute approximate surface area is 99.7 Å². The van der Waals surface area contributed by atoms with Crippen LogP contribution in [0.25, 0.3) is 0 Å². The average molecular weight is 231 g/mol. The van der Waals surface area contributed by atoms with Gasteiger partial charge in [-0.15, -0.1) is 0 Å². The lowest BCUT2D eigenvalue weighted by atomic mass is 10.4. The van der Waals surface area contributed by atoms with Gasteiger partial charge in [-0.25, -0.2) is 9.55 Å². The summed E-state index contributed by atoms with van der Waals surface area (Å²) in [4.78, 5) is 4.08. The SMILES string of the molecule is O/N=C/c1nccn1CCC[n+]1ccccc1. The van der Waals surface area contributed by atoms with Crippen LogP contribution in [0, 0.1) is 0 Å². The molecule has 0 radical (unpaired) electrons. The highest BCUT2D eigenvalue weighted by atomic mass is 16.4. The first kappa shape index (κ1) is 11.3. The van der Waals surface area contributed by atoms with E-state index in [1.807, 2.05) is 41.4 Å². The predicted octanol–water partition coefficient (Wildman–Crippen LogP) is 1.07. The lowest BCUT2D eigenvalue weighted by molar-refractivity contribution is -0.697. The summed E-state index contributed by atoms with van der Waals surface area (Å²) < 4.78 is 4.10. The van der Waals surface area contributed by atoms with Crippen molar-refractivity contribution in [2.45, 2.75) is 19.5 Å². The smallest absolute Gasteiger partial charge is 0.168 e. The number of aryl methyl sites for hydroxylation is 2. The van der Waals surface area contributed by atoms with Crippen LogP contribution in [0.15, 0.2) is 48.1 Å². The maximum Gasteiger partial charge on any atom is 0.168 e. The third-order valence-electron chi connectivity index (χ3n) is 2.51. The van der Waals surface area contributed by atoms with E-state index < -0.39 is 0 Å². The lowest BCUT2D eigenvalue weighted by Gasteiger charge is -2.02. The van der Waals surface area contributed by atoms with Crippen LogP contribution in [-0.2, 0) is 13.1 Å². The minimum atomic E-state index is 0.672. The van der Waals surface area contributed by atoms with Gasteiger partial charge in [-0.2, -0.15) is 0 Å². The molecule has 17 heavy (non-hydrogen) atoms. The Bertz CT molecular complexity index is 478. The predicted molar refractivity (Wildman–Crippen MR) is 62.9 cm³/mol. The van der Waals surface area contributed by atoms with E-state index in [0.717, 1.165) is 19.5 Å². The van der Waals surface area contributed by atoms with Gasteiger partial charge in [0.2, 0.25) is 0 Å². The molecular weight excluding hydrogens is 216 g/mol. The van der Waals surface area contributed by atoms with Crippen LogP contribution in [0.2, 0.25) is 0 Å². The molecule has 0 unspecified atom stereocenters. The highest BCUT2D eigenvalue weighted by molar-refractivity contribution is 5.74. The molecule has 0 spiro atoms. The van der Waals surface area contributed by atoms with Gasteiger partial charge >= 0.3 is 0 Å². The van der Waals surface area contributed by atoms with Crippen molar-refractivity contribution in [2.75, 3.05) is 0 Å². The van der Waals surface area contributed by atoms with Gasteiger partial charge in [0.1, 0.15) is 12.8 Å². The zero-order valence-corrected chi connectivity index (χ0v) is 9.48. The zero-order valence-electron chi connectivity index (χ0n) is 9.48. The number of aromatic nitrogens is 3. The van der Waals surface area contributed by atoms with E-state index in [1.165, 1.54) is 6.21 Å². The Morgan fingerprint density at radius 3 is 2.94 bits per heavy atom. The summed E-state index contributed by atoms with van der Waals surface area (Å²) in [7, 11) is 0. The molecule has 2 aromatic heterocycles. The molecule has 0 aromatic carbocycles. The third-order valence-corrected chi connectivity index (χ3v) is 2.51. The first-order chi connectivity index (χ1) is 8.40. The second kappa shape index (κ2) is 5.79. The van der Waals surface area contributed by atoms with Crippen LogP contribution in [-0.4, -0.2) is 21.0 Å². The normalized spacial score (nSPS) is 11.1. The maximum atomic E-state index is 8.48. The fraction of sp³-hybridized carbons (Fsp3) is 0.250. The van der Waals surface area contributed by atoms with Gasteiger partial charge in [-0.3, -0.25) is 0 Å². The fourth-order valence-corrected chi connectivity index (χ4v) is 1.70. The minimum Gasteiger partial charge on any atom is -0.411 e. The highest BCUT2D eigenvalue weighted by Gasteiger charge is 2.02. The summed E-state index contributed by atoms with van der Waals surface area (Å²) in [6.07, 6.45) is 10.0. The molecule has 0 amide bonds. The van der Waals surface area contributed by atoms with Crippen molar-refractivity contribution in [3.63, 3.8) is 0 Å². The van der Waals surface area contributed by atoms with E-state index in [9.17, 15) is 0 Å². The van der Waals surface area contributed by atoms with Gasteiger partial charge in [0.25, 0.3) is 0 Å². The number of pyridine rings is 1. The monoisotopic (exact) mass is 231 g/mol. The van der Waals surface area contributed by atoms with E-state index in [4.69, 9.17) is 5.21 Å². The van der Waals surface area contributed by atoms with Crippen molar-refractivity contribution in [3.8, 4) is 0 Å². The maximum absolute atomic E-state index is 8.48. The molecule has 0 aliphatic carbocycles. The van der Waals surface area contributed by atoms with E-state index >= 15 is 0 Å². The standard InChI is InChI=1S/C12H14N4O/c17-14-11-12-13-5-10-16(12)9-4-8-15-6-2-1-3-7-15/h1-3,5-7,10-11H,4,8-9H2/p+1/b14-11+. The molecule has 5 heteroatoms. The summed E-state index contributed by atoms with van der Waals surface area (Å²) in [6, 6.07) is 6.03. The Morgan fingerprint density at radius 2 is 2.18 bits per heavy atom. The van der Waals surface area contributed by atoms with Crippen LogP contribution in [0.1, 0.15) is 12.2 Å². The third kappa shape index (κ3) is 3.14. The largest absolute Gasteiger partial charge is 0.411 e. The minimum absolute atomic E-state index is 0.672. The lowest BCUT2D eigenvalue weighted by Crippen LogP contribution is -2.32. The molecule has 2 aromatic rings. The Morgan fingerprint density at radius 1 is 1.35 bits per heavy atom. The van der Waals surface area contributed by atoms with Gasteiger partial charge in [-0.1, -0.05) is 11.2 Å². The van der Waals surface area contributed by atoms with Crippen LogP contribution < -0.4 is 4.57 Å². The molecular formula is C12H15N4O+. The molecule has 88 valence electrons. The molecule has 0 aliphatic heterocycles. The Kier molecular flexibility index (Phi) is 3.85. The Hall–Kier alpha value is -2.17. The molecule has 0 saturated heterocycles. The fourth-order valence-electron chi connectivity index (χ4n) is 1.70. The number of oxime groups is 1. The summed E-state index contributed by atoms with van der Waals surface area (Å²) in [5, 5.41) is 11.5. The highest BCUT2D eigenvalue weighted by Crippen LogP contribution is 1.97. The summed E-state index contributed by atoms with van der Waals surface area (Å²) in [6.45, 7) is 1.80. The van der Waals surface area contributed by atoms with Crippen LogP contribution >= 0.6 is 0 Å². The zero-order chi connectivity index (χ0) is 11.9. The first-order valence-corrected chi connectivity index (χ1v) is 5.53. The molecule has 0 fully saturated rings.